The van der Waals surface area contributed by atoms with Crippen molar-refractivity contribution in [3.63, 3.8) is 0 Å². The Morgan fingerprint density at radius 3 is 2.19 bits per heavy atom. The van der Waals surface area contributed by atoms with Gasteiger partial charge in [0, 0.05) is 27.9 Å². The molecule has 0 aliphatic rings. The second-order valence-corrected chi connectivity index (χ2v) is 8.04. The Bertz CT molecular complexity index is 1150. The van der Waals surface area contributed by atoms with Crippen molar-refractivity contribution in [3.05, 3.63) is 70.7 Å². The van der Waals surface area contributed by atoms with E-state index in [0.29, 0.717) is 38.6 Å². The normalized spacial score (nSPS) is 10.3. The number of nitrogens with one attached hydrogen (secondary N) is 3. The minimum Gasteiger partial charge on any atom is -0.495 e. The smallest absolute Gasteiger partial charge is 0.255 e. The lowest BCUT2D eigenvalue weighted by Gasteiger charge is -2.15. The summed E-state index contributed by atoms with van der Waals surface area (Å²) < 4.78 is 10.6. The standard InChI is InChI=1S/C23H22ClN3O3S2/c1-13-16(5-4-6-21(13)31)22(28)25-14-7-9-15(10-8-14)26-23(32)27-18-11-17(24)19(29-2)12-20(18)30-3/h4-12,31H,1-3H3,(H,25,28)(H2,26,27,32). The molecule has 0 saturated heterocycles. The number of carbonyl (C=O) groups is 1. The number of carbonyl (C=O) groups excluding carboxylic acids is 1. The predicted octanol–water partition coefficient (Wildman–Crippen LogP) is 6.02. The van der Waals surface area contributed by atoms with E-state index in [0.717, 1.165) is 16.1 Å². The number of thiol groups is 1. The first-order valence-electron chi connectivity index (χ1n) is 9.52. The quantitative estimate of drug-likeness (QED) is 0.252. The van der Waals surface area contributed by atoms with E-state index in [9.17, 15) is 4.79 Å². The molecule has 3 aromatic carbocycles. The zero-order chi connectivity index (χ0) is 23.3. The molecular formula is C23H22ClN3O3S2. The topological polar surface area (TPSA) is 71.6 Å². The Balaban J connectivity index is 1.64. The van der Waals surface area contributed by atoms with Gasteiger partial charge in [0.1, 0.15) is 11.5 Å². The van der Waals surface area contributed by atoms with Crippen molar-refractivity contribution < 1.29 is 14.3 Å². The largest absolute Gasteiger partial charge is 0.495 e. The minimum absolute atomic E-state index is 0.195. The van der Waals surface area contributed by atoms with E-state index in [4.69, 9.17) is 33.3 Å². The van der Waals surface area contributed by atoms with E-state index in [-0.39, 0.29) is 5.91 Å². The Kier molecular flexibility index (Phi) is 7.84. The molecule has 0 heterocycles. The molecule has 32 heavy (non-hydrogen) atoms. The highest BCUT2D eigenvalue weighted by Gasteiger charge is 2.12. The summed E-state index contributed by atoms with van der Waals surface area (Å²) in [5.74, 6) is 0.843. The second kappa shape index (κ2) is 10.6. The molecule has 6 nitrogen and oxygen atoms in total. The van der Waals surface area contributed by atoms with Gasteiger partial charge in [-0.05, 0) is 67.2 Å². The number of amides is 1. The van der Waals surface area contributed by atoms with Crippen LogP contribution in [0, 0.1) is 6.92 Å². The molecular weight excluding hydrogens is 466 g/mol. The van der Waals surface area contributed by atoms with Gasteiger partial charge < -0.3 is 25.4 Å². The van der Waals surface area contributed by atoms with Crippen LogP contribution in [0.1, 0.15) is 15.9 Å². The molecule has 0 aliphatic carbocycles. The van der Waals surface area contributed by atoms with E-state index < -0.39 is 0 Å². The number of anilines is 3. The number of ether oxygens (including phenoxy) is 2. The summed E-state index contributed by atoms with van der Waals surface area (Å²) in [4.78, 5) is 13.3. The first-order valence-corrected chi connectivity index (χ1v) is 10.7. The third-order valence-corrected chi connectivity index (χ3v) is 5.66. The van der Waals surface area contributed by atoms with Crippen LogP contribution in [0.4, 0.5) is 17.1 Å². The van der Waals surface area contributed by atoms with Gasteiger partial charge in [-0.3, -0.25) is 4.79 Å². The summed E-state index contributed by atoms with van der Waals surface area (Å²) in [6.45, 7) is 1.86. The van der Waals surface area contributed by atoms with Crippen LogP contribution in [0.25, 0.3) is 0 Å². The average molecular weight is 488 g/mol. The maximum absolute atomic E-state index is 12.6. The fourth-order valence-corrected chi connectivity index (χ4v) is 3.62. The van der Waals surface area contributed by atoms with Gasteiger partial charge in [0.05, 0.1) is 24.9 Å². The van der Waals surface area contributed by atoms with Gasteiger partial charge >= 0.3 is 0 Å². The van der Waals surface area contributed by atoms with Gasteiger partial charge in [-0.2, -0.15) is 0 Å². The molecule has 0 spiro atoms. The molecule has 3 rings (SSSR count). The zero-order valence-electron chi connectivity index (χ0n) is 17.7. The van der Waals surface area contributed by atoms with E-state index in [1.54, 1.807) is 43.5 Å². The van der Waals surface area contributed by atoms with Crippen LogP contribution in [-0.4, -0.2) is 25.2 Å². The molecule has 0 unspecified atom stereocenters. The summed E-state index contributed by atoms with van der Waals surface area (Å²) in [5, 5.41) is 9.81. The molecule has 1 amide bonds. The molecule has 0 aliphatic heterocycles. The van der Waals surface area contributed by atoms with Gasteiger partial charge in [0.15, 0.2) is 5.11 Å². The average Bonchev–Trinajstić information content (AvgIpc) is 2.77. The van der Waals surface area contributed by atoms with Crippen molar-refractivity contribution in [1.82, 2.24) is 0 Å². The summed E-state index contributed by atoms with van der Waals surface area (Å²) in [7, 11) is 3.08. The fourth-order valence-electron chi connectivity index (χ4n) is 2.95. The summed E-state index contributed by atoms with van der Waals surface area (Å²) in [6, 6.07) is 16.0. The van der Waals surface area contributed by atoms with E-state index in [1.165, 1.54) is 7.11 Å². The van der Waals surface area contributed by atoms with Gasteiger partial charge in [-0.1, -0.05) is 17.7 Å². The molecule has 3 aromatic rings. The summed E-state index contributed by atoms with van der Waals surface area (Å²) in [5.41, 5.74) is 3.41. The molecule has 166 valence electrons. The van der Waals surface area contributed by atoms with Crippen molar-refractivity contribution in [2.24, 2.45) is 0 Å². The predicted molar refractivity (Wildman–Crippen MR) is 137 cm³/mol. The first kappa shape index (κ1) is 23.7. The molecule has 0 aromatic heterocycles. The number of methoxy groups -OCH3 is 2. The highest BCUT2D eigenvalue weighted by atomic mass is 35.5. The molecule has 0 radical (unpaired) electrons. The molecule has 0 saturated carbocycles. The van der Waals surface area contributed by atoms with Crippen molar-refractivity contribution in [1.29, 1.82) is 0 Å². The van der Waals surface area contributed by atoms with Crippen LogP contribution in [0.5, 0.6) is 11.5 Å². The van der Waals surface area contributed by atoms with Gasteiger partial charge in [-0.15, -0.1) is 12.6 Å². The van der Waals surface area contributed by atoms with E-state index >= 15 is 0 Å². The monoisotopic (exact) mass is 487 g/mol. The van der Waals surface area contributed by atoms with Crippen LogP contribution >= 0.6 is 36.4 Å². The van der Waals surface area contributed by atoms with Crippen LogP contribution < -0.4 is 25.4 Å². The Morgan fingerprint density at radius 2 is 1.56 bits per heavy atom. The number of halogens is 1. The number of thiocarbonyl (C=S) groups is 1. The number of rotatable bonds is 6. The molecule has 9 heteroatoms. The van der Waals surface area contributed by atoms with Gasteiger partial charge in [0.2, 0.25) is 0 Å². The number of benzene rings is 3. The van der Waals surface area contributed by atoms with E-state index in [2.05, 4.69) is 28.6 Å². The Labute approximate surface area is 202 Å². The highest BCUT2D eigenvalue weighted by Crippen LogP contribution is 2.36. The van der Waals surface area contributed by atoms with Crippen molar-refractivity contribution >= 4 is 64.5 Å². The third-order valence-electron chi connectivity index (χ3n) is 4.67. The van der Waals surface area contributed by atoms with Crippen molar-refractivity contribution in [2.75, 3.05) is 30.2 Å². The van der Waals surface area contributed by atoms with E-state index in [1.807, 2.05) is 25.1 Å². The fraction of sp³-hybridized carbons (Fsp3) is 0.130. The van der Waals surface area contributed by atoms with Crippen LogP contribution in [0.15, 0.2) is 59.5 Å². The number of hydrogen-bond donors (Lipinski definition) is 4. The lowest BCUT2D eigenvalue weighted by Crippen LogP contribution is -2.19. The molecule has 0 atom stereocenters. The van der Waals surface area contributed by atoms with Gasteiger partial charge in [0.25, 0.3) is 5.91 Å². The van der Waals surface area contributed by atoms with Crippen molar-refractivity contribution in [3.8, 4) is 11.5 Å². The van der Waals surface area contributed by atoms with Crippen LogP contribution in [-0.2, 0) is 0 Å². The first-order chi connectivity index (χ1) is 15.3. The van der Waals surface area contributed by atoms with Crippen LogP contribution in [0.3, 0.4) is 0 Å². The van der Waals surface area contributed by atoms with Crippen molar-refractivity contribution in [2.45, 2.75) is 11.8 Å². The SMILES string of the molecule is COc1cc(OC)c(NC(=S)Nc2ccc(NC(=O)c3cccc(S)c3C)cc2)cc1Cl. The minimum atomic E-state index is -0.195. The summed E-state index contributed by atoms with van der Waals surface area (Å²) in [6.07, 6.45) is 0. The maximum Gasteiger partial charge on any atom is 0.255 e. The molecule has 0 bridgehead atoms. The summed E-state index contributed by atoms with van der Waals surface area (Å²) >= 11 is 16.0. The maximum atomic E-state index is 12.6. The van der Waals surface area contributed by atoms with Gasteiger partial charge in [-0.25, -0.2) is 0 Å². The number of hydrogen-bond acceptors (Lipinski definition) is 5. The molecule has 3 N–H and O–H groups in total. The zero-order valence-corrected chi connectivity index (χ0v) is 20.1. The second-order valence-electron chi connectivity index (χ2n) is 6.75. The molecule has 0 fully saturated rings. The Morgan fingerprint density at radius 1 is 0.938 bits per heavy atom. The lowest BCUT2D eigenvalue weighted by atomic mass is 10.1. The lowest BCUT2D eigenvalue weighted by molar-refractivity contribution is 0.102. The van der Waals surface area contributed by atoms with Crippen LogP contribution in [0.2, 0.25) is 5.02 Å². The third kappa shape index (κ3) is 5.64. The highest BCUT2D eigenvalue weighted by molar-refractivity contribution is 7.80. The Hall–Kier alpha value is -2.94.